The van der Waals surface area contributed by atoms with Crippen molar-refractivity contribution in [1.29, 1.82) is 5.41 Å². The van der Waals surface area contributed by atoms with Gasteiger partial charge < -0.3 is 31.5 Å². The van der Waals surface area contributed by atoms with Crippen LogP contribution in [0.15, 0.2) is 42.5 Å². The first-order chi connectivity index (χ1) is 14.8. The Labute approximate surface area is 178 Å². The smallest absolute Gasteiger partial charge is 0.253 e. The van der Waals surface area contributed by atoms with Crippen LogP contribution in [0.25, 0.3) is 0 Å². The van der Waals surface area contributed by atoms with Gasteiger partial charge in [0.1, 0.15) is 11.9 Å². The largest absolute Gasteiger partial charge is 0.395 e. The fourth-order valence-electron chi connectivity index (χ4n) is 3.21. The molecular formula is C21H23N5O5. The van der Waals surface area contributed by atoms with Gasteiger partial charge in [0.05, 0.1) is 19.4 Å². The van der Waals surface area contributed by atoms with Crippen molar-refractivity contribution in [1.82, 2.24) is 0 Å². The molecule has 10 nitrogen and oxygen atoms in total. The lowest BCUT2D eigenvalue weighted by atomic mass is 10.1. The van der Waals surface area contributed by atoms with Gasteiger partial charge >= 0.3 is 0 Å². The predicted molar refractivity (Wildman–Crippen MR) is 115 cm³/mol. The lowest BCUT2D eigenvalue weighted by Gasteiger charge is -2.23. The van der Waals surface area contributed by atoms with Crippen molar-refractivity contribution in [3.63, 3.8) is 0 Å². The molecule has 0 aromatic heterocycles. The summed E-state index contributed by atoms with van der Waals surface area (Å²) in [6, 6.07) is 11.1. The molecule has 31 heavy (non-hydrogen) atoms. The molecule has 10 heteroatoms. The Morgan fingerprint density at radius 2 is 1.94 bits per heavy atom. The van der Waals surface area contributed by atoms with E-state index in [4.69, 9.17) is 11.1 Å². The normalized spacial score (nSPS) is 13.2. The zero-order chi connectivity index (χ0) is 22.5. The number of aliphatic hydroxyl groups excluding tert-OH is 2. The summed E-state index contributed by atoms with van der Waals surface area (Å²) in [4.78, 5) is 37.8. The zero-order valence-corrected chi connectivity index (χ0v) is 16.6. The fraction of sp³-hybridized carbons (Fsp3) is 0.238. The van der Waals surface area contributed by atoms with E-state index in [0.29, 0.717) is 22.6 Å². The molecule has 1 unspecified atom stereocenters. The second-order valence-electron chi connectivity index (χ2n) is 7.04. The van der Waals surface area contributed by atoms with Crippen molar-refractivity contribution in [3.8, 4) is 0 Å². The summed E-state index contributed by atoms with van der Waals surface area (Å²) in [7, 11) is 0. The van der Waals surface area contributed by atoms with Crippen LogP contribution in [0.3, 0.4) is 0 Å². The van der Waals surface area contributed by atoms with E-state index in [1.54, 1.807) is 30.3 Å². The standard InChI is InChI=1S/C21H23N5O5/c22-20(23)12-1-3-14(4-2-12)24-21(31)17(28)11-19(30)26(7-8-27)15-5-6-16-13(9-15)10-18(29)25-16/h1-6,9,17,27-28H,7-8,10-11H2,(H3,22,23)(H,24,31)(H,25,29). The molecule has 7 N–H and O–H groups in total. The molecule has 0 saturated carbocycles. The summed E-state index contributed by atoms with van der Waals surface area (Å²) >= 11 is 0. The lowest BCUT2D eigenvalue weighted by molar-refractivity contribution is -0.129. The molecule has 2 aromatic carbocycles. The van der Waals surface area contributed by atoms with Crippen LogP contribution in [0.5, 0.6) is 0 Å². The van der Waals surface area contributed by atoms with Gasteiger partial charge in [-0.05, 0) is 48.0 Å². The highest BCUT2D eigenvalue weighted by molar-refractivity contribution is 6.03. The summed E-state index contributed by atoms with van der Waals surface area (Å²) in [5, 5.41) is 32.1. The number of hydrogen-bond donors (Lipinski definition) is 6. The average molecular weight is 425 g/mol. The van der Waals surface area contributed by atoms with Crippen molar-refractivity contribution in [3.05, 3.63) is 53.6 Å². The molecule has 0 saturated heterocycles. The first-order valence-corrected chi connectivity index (χ1v) is 9.56. The van der Waals surface area contributed by atoms with Crippen LogP contribution in [0.4, 0.5) is 17.1 Å². The Hall–Kier alpha value is -3.76. The van der Waals surface area contributed by atoms with Gasteiger partial charge in [-0.15, -0.1) is 0 Å². The first-order valence-electron chi connectivity index (χ1n) is 9.56. The number of nitrogens with one attached hydrogen (secondary N) is 3. The van der Waals surface area contributed by atoms with Crippen LogP contribution >= 0.6 is 0 Å². The fourth-order valence-corrected chi connectivity index (χ4v) is 3.21. The number of nitrogens with zero attached hydrogens (tertiary/aromatic N) is 1. The molecule has 3 rings (SSSR count). The highest BCUT2D eigenvalue weighted by Gasteiger charge is 2.25. The Bertz CT molecular complexity index is 1020. The Morgan fingerprint density at radius 3 is 2.58 bits per heavy atom. The third-order valence-electron chi connectivity index (χ3n) is 4.78. The minimum atomic E-state index is -1.61. The van der Waals surface area contributed by atoms with Crippen LogP contribution in [0.2, 0.25) is 0 Å². The Morgan fingerprint density at radius 1 is 1.23 bits per heavy atom. The van der Waals surface area contributed by atoms with E-state index in [1.807, 2.05) is 0 Å². The van der Waals surface area contributed by atoms with Crippen LogP contribution in [-0.2, 0) is 20.8 Å². The van der Waals surface area contributed by atoms with Crippen LogP contribution in [0, 0.1) is 5.41 Å². The summed E-state index contributed by atoms with van der Waals surface area (Å²) in [5.74, 6) is -1.58. The van der Waals surface area contributed by atoms with Gasteiger partial charge in [-0.2, -0.15) is 0 Å². The summed E-state index contributed by atoms with van der Waals surface area (Å²) in [6.07, 6.45) is -1.91. The number of aliphatic hydroxyl groups is 2. The molecule has 0 fully saturated rings. The predicted octanol–water partition coefficient (Wildman–Crippen LogP) is 0.180. The van der Waals surface area contributed by atoms with E-state index in [1.165, 1.54) is 17.0 Å². The summed E-state index contributed by atoms with van der Waals surface area (Å²) < 4.78 is 0. The van der Waals surface area contributed by atoms with E-state index >= 15 is 0 Å². The van der Waals surface area contributed by atoms with E-state index in [9.17, 15) is 24.6 Å². The molecule has 1 aliphatic rings. The number of nitrogen functional groups attached to an aromatic ring is 1. The maximum atomic E-state index is 12.7. The molecule has 2 aromatic rings. The van der Waals surface area contributed by atoms with E-state index < -0.39 is 24.3 Å². The van der Waals surface area contributed by atoms with Gasteiger partial charge in [0, 0.05) is 29.2 Å². The highest BCUT2D eigenvalue weighted by atomic mass is 16.3. The third kappa shape index (κ3) is 5.24. The van der Waals surface area contributed by atoms with Gasteiger partial charge in [0.2, 0.25) is 11.8 Å². The average Bonchev–Trinajstić information content (AvgIpc) is 3.11. The molecule has 1 aliphatic heterocycles. The molecular weight excluding hydrogens is 402 g/mol. The van der Waals surface area contributed by atoms with Gasteiger partial charge in [0.25, 0.3) is 5.91 Å². The summed E-state index contributed by atoms with van der Waals surface area (Å²) in [6.45, 7) is -0.343. The minimum absolute atomic E-state index is 0.0279. The monoisotopic (exact) mass is 425 g/mol. The molecule has 1 heterocycles. The quantitative estimate of drug-likeness (QED) is 0.260. The molecule has 0 aliphatic carbocycles. The van der Waals surface area contributed by atoms with Crippen molar-refractivity contribution >= 4 is 40.6 Å². The number of hydrogen-bond acceptors (Lipinski definition) is 6. The molecule has 3 amide bonds. The Balaban J connectivity index is 1.66. The number of amidine groups is 1. The number of rotatable bonds is 8. The molecule has 0 spiro atoms. The molecule has 0 radical (unpaired) electrons. The highest BCUT2D eigenvalue weighted by Crippen LogP contribution is 2.28. The number of fused-ring (bicyclic) bond motifs is 1. The molecule has 0 bridgehead atoms. The van der Waals surface area contributed by atoms with Gasteiger partial charge in [-0.1, -0.05) is 0 Å². The minimum Gasteiger partial charge on any atom is -0.395 e. The number of amides is 3. The molecule has 162 valence electrons. The van der Waals surface area contributed by atoms with Crippen molar-refractivity contribution in [2.75, 3.05) is 28.7 Å². The van der Waals surface area contributed by atoms with Crippen LogP contribution in [-0.4, -0.2) is 53.0 Å². The van der Waals surface area contributed by atoms with E-state index in [2.05, 4.69) is 10.6 Å². The van der Waals surface area contributed by atoms with Crippen molar-refractivity contribution in [2.45, 2.75) is 18.9 Å². The van der Waals surface area contributed by atoms with Crippen molar-refractivity contribution in [2.24, 2.45) is 5.73 Å². The van der Waals surface area contributed by atoms with Crippen LogP contribution < -0.4 is 21.3 Å². The molecule has 1 atom stereocenters. The SMILES string of the molecule is N=C(N)c1ccc(NC(=O)C(O)CC(=O)N(CCO)c2ccc3c(c2)CC(=O)N3)cc1. The van der Waals surface area contributed by atoms with Gasteiger partial charge in [0.15, 0.2) is 0 Å². The second kappa shape index (κ2) is 9.37. The third-order valence-corrected chi connectivity index (χ3v) is 4.78. The van der Waals surface area contributed by atoms with E-state index in [0.717, 1.165) is 5.56 Å². The Kier molecular flexibility index (Phi) is 6.63. The first kappa shape index (κ1) is 21.9. The second-order valence-corrected chi connectivity index (χ2v) is 7.04. The number of carbonyl (C=O) groups is 3. The van der Waals surface area contributed by atoms with Gasteiger partial charge in [-0.25, -0.2) is 0 Å². The van der Waals surface area contributed by atoms with E-state index in [-0.39, 0.29) is 31.3 Å². The summed E-state index contributed by atoms with van der Waals surface area (Å²) in [5.41, 5.74) is 8.10. The maximum absolute atomic E-state index is 12.7. The number of carbonyl (C=O) groups excluding carboxylic acids is 3. The lowest BCUT2D eigenvalue weighted by Crippen LogP contribution is -2.39. The van der Waals surface area contributed by atoms with Crippen molar-refractivity contribution < 1.29 is 24.6 Å². The van der Waals surface area contributed by atoms with Crippen LogP contribution in [0.1, 0.15) is 17.5 Å². The topological polar surface area (TPSA) is 169 Å². The number of nitrogens with two attached hydrogens (primary N) is 1. The number of anilines is 3. The zero-order valence-electron chi connectivity index (χ0n) is 16.6. The number of benzene rings is 2. The maximum Gasteiger partial charge on any atom is 0.253 e. The van der Waals surface area contributed by atoms with Gasteiger partial charge in [-0.3, -0.25) is 19.8 Å².